The number of carboxylic acid groups (broad SMARTS) is 1. The van der Waals surface area contributed by atoms with Crippen LogP contribution in [0.3, 0.4) is 0 Å². The molecule has 104 valence electrons. The molecule has 0 aromatic heterocycles. The first-order chi connectivity index (χ1) is 8.90. The lowest BCUT2D eigenvalue weighted by Crippen LogP contribution is -2.51. The number of amides is 1. The minimum atomic E-state index is -1.29. The van der Waals surface area contributed by atoms with Crippen molar-refractivity contribution in [1.82, 2.24) is 5.32 Å². The van der Waals surface area contributed by atoms with Gasteiger partial charge in [-0.25, -0.2) is 0 Å². The van der Waals surface area contributed by atoms with Crippen LogP contribution in [0.5, 0.6) is 5.75 Å². The van der Waals surface area contributed by atoms with Gasteiger partial charge >= 0.3 is 0 Å². The number of aliphatic carboxylic acids is 1. The second-order valence-corrected chi connectivity index (χ2v) is 4.71. The van der Waals surface area contributed by atoms with Gasteiger partial charge in [-0.05, 0) is 25.0 Å². The van der Waals surface area contributed by atoms with Crippen molar-refractivity contribution < 1.29 is 19.4 Å². The molecule has 0 radical (unpaired) electrons. The number of nitrogens with one attached hydrogen (secondary N) is 1. The maximum Gasteiger partial charge on any atom is 0.258 e. The van der Waals surface area contributed by atoms with Crippen LogP contribution in [0.1, 0.15) is 19.4 Å². The van der Waals surface area contributed by atoms with Crippen LogP contribution >= 0.6 is 0 Å². The maximum atomic E-state index is 11.6. The quantitative estimate of drug-likeness (QED) is 0.799. The molecule has 0 aliphatic heterocycles. The number of carbonyl (C=O) groups is 2. The molecule has 19 heavy (non-hydrogen) atoms. The fourth-order valence-corrected chi connectivity index (χ4v) is 1.50. The van der Waals surface area contributed by atoms with Crippen LogP contribution in [0.4, 0.5) is 0 Å². The van der Waals surface area contributed by atoms with Crippen LogP contribution in [0.25, 0.3) is 0 Å². The van der Waals surface area contributed by atoms with Gasteiger partial charge in [-0.2, -0.15) is 0 Å². The van der Waals surface area contributed by atoms with Gasteiger partial charge in [-0.1, -0.05) is 31.5 Å². The molecule has 0 heterocycles. The van der Waals surface area contributed by atoms with Crippen molar-refractivity contribution in [1.29, 1.82) is 0 Å². The Morgan fingerprint density at radius 1 is 1.26 bits per heavy atom. The van der Waals surface area contributed by atoms with Crippen molar-refractivity contribution in [2.75, 3.05) is 6.61 Å². The normalized spacial score (nSPS) is 12.0. The summed E-state index contributed by atoms with van der Waals surface area (Å²) >= 11 is 0. The van der Waals surface area contributed by atoms with E-state index in [2.05, 4.69) is 5.32 Å². The summed E-state index contributed by atoms with van der Waals surface area (Å²) in [6, 6.07) is 6.23. The molecule has 1 N–H and O–H groups in total. The third-order valence-corrected chi connectivity index (χ3v) is 2.63. The molecule has 1 aromatic carbocycles. The third kappa shape index (κ3) is 4.99. The highest BCUT2D eigenvalue weighted by Crippen LogP contribution is 2.11. The molecular weight excluding hydrogens is 246 g/mol. The van der Waals surface area contributed by atoms with E-state index in [1.165, 1.54) is 0 Å². The molecule has 1 aromatic rings. The van der Waals surface area contributed by atoms with Crippen molar-refractivity contribution in [3.8, 4) is 5.75 Å². The van der Waals surface area contributed by atoms with Crippen molar-refractivity contribution in [3.05, 3.63) is 29.8 Å². The number of carbonyl (C=O) groups excluding carboxylic acids is 2. The molecule has 0 saturated heterocycles. The van der Waals surface area contributed by atoms with E-state index in [1.54, 1.807) is 26.0 Å². The number of hydrogen-bond acceptors (Lipinski definition) is 4. The van der Waals surface area contributed by atoms with Gasteiger partial charge in [0.25, 0.3) is 5.91 Å². The average molecular weight is 264 g/mol. The summed E-state index contributed by atoms with van der Waals surface area (Å²) in [6.07, 6.45) is 0. The smallest absolute Gasteiger partial charge is 0.258 e. The summed E-state index contributed by atoms with van der Waals surface area (Å²) in [5.41, 5.74) is 1.09. The second kappa shape index (κ2) is 6.78. The molecule has 5 heteroatoms. The van der Waals surface area contributed by atoms with Crippen LogP contribution < -0.4 is 15.2 Å². The lowest BCUT2D eigenvalue weighted by atomic mass is 10.1. The number of aryl methyl sites for hydroxylation is 1. The minimum Gasteiger partial charge on any atom is -0.548 e. The summed E-state index contributed by atoms with van der Waals surface area (Å²) in [6.45, 7) is 5.12. The average Bonchev–Trinajstić information content (AvgIpc) is 2.34. The van der Waals surface area contributed by atoms with Crippen LogP contribution in [0.15, 0.2) is 24.3 Å². The topological polar surface area (TPSA) is 78.5 Å². The zero-order chi connectivity index (χ0) is 14.4. The Labute approximate surface area is 112 Å². The summed E-state index contributed by atoms with van der Waals surface area (Å²) < 4.78 is 5.26. The molecule has 0 saturated carbocycles. The van der Waals surface area contributed by atoms with Crippen LogP contribution in [0, 0.1) is 12.8 Å². The predicted octanol–water partition coefficient (Wildman–Crippen LogP) is 0.265. The Bertz CT molecular complexity index is 439. The first kappa shape index (κ1) is 15.0. The van der Waals surface area contributed by atoms with Gasteiger partial charge < -0.3 is 20.0 Å². The Hall–Kier alpha value is -2.04. The van der Waals surface area contributed by atoms with E-state index in [9.17, 15) is 14.7 Å². The van der Waals surface area contributed by atoms with E-state index in [-0.39, 0.29) is 12.5 Å². The van der Waals surface area contributed by atoms with E-state index >= 15 is 0 Å². The van der Waals surface area contributed by atoms with Crippen molar-refractivity contribution in [3.63, 3.8) is 0 Å². The highest BCUT2D eigenvalue weighted by molar-refractivity contribution is 5.83. The van der Waals surface area contributed by atoms with Crippen LogP contribution in [-0.2, 0) is 9.59 Å². The number of benzene rings is 1. The lowest BCUT2D eigenvalue weighted by molar-refractivity contribution is -0.309. The first-order valence-electron chi connectivity index (χ1n) is 6.10. The van der Waals surface area contributed by atoms with Crippen LogP contribution in [-0.4, -0.2) is 24.5 Å². The molecule has 0 unspecified atom stereocenters. The molecule has 1 rings (SSSR count). The predicted molar refractivity (Wildman–Crippen MR) is 68.4 cm³/mol. The monoisotopic (exact) mass is 264 g/mol. The molecule has 1 atom stereocenters. The standard InChI is InChI=1S/C14H19NO4/c1-9(2)13(14(17)18)15-12(16)8-19-11-6-4-10(3)5-7-11/h4-7,9,13H,8H2,1-3H3,(H,15,16)(H,17,18)/p-1/t13-/m1/s1. The fraction of sp³-hybridized carbons (Fsp3) is 0.429. The fourth-order valence-electron chi connectivity index (χ4n) is 1.50. The zero-order valence-corrected chi connectivity index (χ0v) is 11.3. The molecule has 0 fully saturated rings. The Morgan fingerprint density at radius 3 is 2.32 bits per heavy atom. The van der Waals surface area contributed by atoms with Gasteiger partial charge in [0.05, 0.1) is 12.0 Å². The van der Waals surface area contributed by atoms with E-state index in [1.807, 2.05) is 19.1 Å². The van der Waals surface area contributed by atoms with E-state index in [0.717, 1.165) is 5.56 Å². The molecule has 5 nitrogen and oxygen atoms in total. The van der Waals surface area contributed by atoms with Gasteiger partial charge in [0.1, 0.15) is 5.75 Å². The molecule has 0 aliphatic rings. The number of hydrogen-bond donors (Lipinski definition) is 1. The first-order valence-corrected chi connectivity index (χ1v) is 6.10. The van der Waals surface area contributed by atoms with E-state index in [0.29, 0.717) is 5.75 Å². The molecule has 0 spiro atoms. The Morgan fingerprint density at radius 2 is 1.84 bits per heavy atom. The maximum absolute atomic E-state index is 11.6. The summed E-state index contributed by atoms with van der Waals surface area (Å²) in [5.74, 6) is -1.45. The second-order valence-electron chi connectivity index (χ2n) is 4.71. The number of ether oxygens (including phenoxy) is 1. The van der Waals surface area contributed by atoms with E-state index < -0.39 is 17.9 Å². The Kier molecular flexibility index (Phi) is 5.36. The van der Waals surface area contributed by atoms with Crippen molar-refractivity contribution in [2.45, 2.75) is 26.8 Å². The minimum absolute atomic E-state index is 0.223. The van der Waals surface area contributed by atoms with Crippen molar-refractivity contribution in [2.24, 2.45) is 5.92 Å². The van der Waals surface area contributed by atoms with Gasteiger partial charge in [-0.15, -0.1) is 0 Å². The van der Waals surface area contributed by atoms with Gasteiger partial charge in [0.2, 0.25) is 0 Å². The molecule has 1 amide bonds. The van der Waals surface area contributed by atoms with Gasteiger partial charge in [0, 0.05) is 0 Å². The number of rotatable bonds is 6. The SMILES string of the molecule is Cc1ccc(OCC(=O)N[C@@H](C(=O)[O-])C(C)C)cc1. The van der Waals surface area contributed by atoms with Crippen LogP contribution in [0.2, 0.25) is 0 Å². The molecule has 0 aliphatic carbocycles. The highest BCUT2D eigenvalue weighted by atomic mass is 16.5. The van der Waals surface area contributed by atoms with E-state index in [4.69, 9.17) is 4.74 Å². The number of carboxylic acids is 1. The summed E-state index contributed by atoms with van der Waals surface area (Å²) in [5, 5.41) is 13.2. The molecular formula is C14H18NO4-. The highest BCUT2D eigenvalue weighted by Gasteiger charge is 2.17. The largest absolute Gasteiger partial charge is 0.548 e. The zero-order valence-electron chi connectivity index (χ0n) is 11.3. The van der Waals surface area contributed by atoms with Crippen molar-refractivity contribution >= 4 is 11.9 Å². The summed E-state index contributed by atoms with van der Waals surface area (Å²) in [7, 11) is 0. The molecule has 0 bridgehead atoms. The lowest BCUT2D eigenvalue weighted by Gasteiger charge is -2.23. The Balaban J connectivity index is 2.47. The summed E-state index contributed by atoms with van der Waals surface area (Å²) in [4.78, 5) is 22.4. The third-order valence-electron chi connectivity index (χ3n) is 2.63. The van der Waals surface area contributed by atoms with Gasteiger partial charge in [0.15, 0.2) is 6.61 Å². The van der Waals surface area contributed by atoms with Gasteiger partial charge in [-0.3, -0.25) is 4.79 Å².